The van der Waals surface area contributed by atoms with Crippen molar-refractivity contribution in [1.82, 2.24) is 30.2 Å². The maximum absolute atomic E-state index is 11.4. The summed E-state index contributed by atoms with van der Waals surface area (Å²) in [7, 11) is -3.92. The van der Waals surface area contributed by atoms with E-state index in [0.717, 1.165) is 0 Å². The van der Waals surface area contributed by atoms with Crippen molar-refractivity contribution >= 4 is 10.0 Å². The molecular formula is C7H11N7O2S. The molecule has 0 saturated heterocycles. The Morgan fingerprint density at radius 2 is 2.12 bits per heavy atom. The fourth-order valence-corrected chi connectivity index (χ4v) is 2.15. The van der Waals surface area contributed by atoms with Crippen molar-refractivity contribution in [1.29, 1.82) is 0 Å². The Labute approximate surface area is 97.1 Å². The summed E-state index contributed by atoms with van der Waals surface area (Å²) in [6, 6.07) is -0.176. The van der Waals surface area contributed by atoms with Gasteiger partial charge in [0.05, 0.1) is 6.20 Å². The molecule has 2 aromatic heterocycles. The summed E-state index contributed by atoms with van der Waals surface area (Å²) in [6.07, 6.45) is 1.43. The van der Waals surface area contributed by atoms with E-state index in [2.05, 4.69) is 25.6 Å². The molecule has 0 aliphatic carbocycles. The van der Waals surface area contributed by atoms with Gasteiger partial charge in [-0.1, -0.05) is 0 Å². The first kappa shape index (κ1) is 11.7. The van der Waals surface area contributed by atoms with E-state index in [0.29, 0.717) is 11.5 Å². The molecule has 2 aromatic rings. The van der Waals surface area contributed by atoms with Gasteiger partial charge in [-0.15, -0.1) is 10.2 Å². The third-order valence-electron chi connectivity index (χ3n) is 2.08. The molecule has 0 radical (unpaired) electrons. The van der Waals surface area contributed by atoms with Crippen LogP contribution in [0.25, 0.3) is 11.5 Å². The van der Waals surface area contributed by atoms with E-state index in [-0.39, 0.29) is 11.2 Å². The standard InChI is InChI=1S/C7H11N7O2S/c1-4(2)14-6(5-3-9-13-10-5)11-12-7(14)17(8,15)16/h3-4H,1-2H3,(H2,8,15,16)(H,9,10,13). The molecule has 0 aromatic carbocycles. The second kappa shape index (κ2) is 3.89. The lowest BCUT2D eigenvalue weighted by Gasteiger charge is -2.11. The Hall–Kier alpha value is -1.81. The van der Waals surface area contributed by atoms with Gasteiger partial charge in [-0.05, 0) is 13.8 Å². The molecule has 2 heterocycles. The van der Waals surface area contributed by atoms with E-state index in [1.54, 1.807) is 13.8 Å². The summed E-state index contributed by atoms with van der Waals surface area (Å²) in [5.74, 6) is 0.303. The minimum Gasteiger partial charge on any atom is -0.293 e. The van der Waals surface area contributed by atoms with Crippen molar-refractivity contribution in [2.24, 2.45) is 5.14 Å². The Morgan fingerprint density at radius 3 is 2.59 bits per heavy atom. The van der Waals surface area contributed by atoms with Crippen LogP contribution < -0.4 is 5.14 Å². The quantitative estimate of drug-likeness (QED) is 0.746. The molecule has 0 atom stereocenters. The molecule has 2 rings (SSSR count). The number of sulfonamides is 1. The van der Waals surface area contributed by atoms with Gasteiger partial charge in [0, 0.05) is 6.04 Å². The number of hydrogen-bond acceptors (Lipinski definition) is 6. The van der Waals surface area contributed by atoms with Crippen molar-refractivity contribution in [2.45, 2.75) is 25.0 Å². The number of primary sulfonamides is 1. The van der Waals surface area contributed by atoms with Crippen LogP contribution in [0.3, 0.4) is 0 Å². The van der Waals surface area contributed by atoms with Crippen LogP contribution in [-0.4, -0.2) is 38.6 Å². The molecule has 9 nitrogen and oxygen atoms in total. The van der Waals surface area contributed by atoms with E-state index >= 15 is 0 Å². The molecular weight excluding hydrogens is 246 g/mol. The van der Waals surface area contributed by atoms with Crippen LogP contribution in [0.5, 0.6) is 0 Å². The van der Waals surface area contributed by atoms with Gasteiger partial charge in [-0.2, -0.15) is 15.4 Å². The van der Waals surface area contributed by atoms with E-state index in [1.807, 2.05) is 0 Å². The molecule has 0 aliphatic rings. The van der Waals surface area contributed by atoms with Crippen molar-refractivity contribution in [2.75, 3.05) is 0 Å². The van der Waals surface area contributed by atoms with Crippen LogP contribution in [0.2, 0.25) is 0 Å². The third kappa shape index (κ3) is 2.03. The minimum atomic E-state index is -3.92. The smallest absolute Gasteiger partial charge is 0.273 e. The number of H-pyrrole nitrogens is 1. The summed E-state index contributed by atoms with van der Waals surface area (Å²) < 4.78 is 24.1. The molecule has 3 N–H and O–H groups in total. The fourth-order valence-electron chi connectivity index (χ4n) is 1.42. The third-order valence-corrected chi connectivity index (χ3v) is 2.87. The number of nitrogens with two attached hydrogens (primary N) is 1. The van der Waals surface area contributed by atoms with Crippen molar-refractivity contribution in [3.05, 3.63) is 6.20 Å². The first-order chi connectivity index (χ1) is 7.91. The summed E-state index contributed by atoms with van der Waals surface area (Å²) in [4.78, 5) is 0. The summed E-state index contributed by atoms with van der Waals surface area (Å²) in [6.45, 7) is 3.59. The summed E-state index contributed by atoms with van der Waals surface area (Å²) in [5, 5.41) is 22.0. The molecule has 0 bridgehead atoms. The molecule has 17 heavy (non-hydrogen) atoms. The highest BCUT2D eigenvalue weighted by Crippen LogP contribution is 2.21. The molecule has 0 aliphatic heterocycles. The predicted molar refractivity (Wildman–Crippen MR) is 57.2 cm³/mol. The van der Waals surface area contributed by atoms with Crippen LogP contribution in [-0.2, 0) is 10.0 Å². The highest BCUT2D eigenvalue weighted by molar-refractivity contribution is 7.89. The lowest BCUT2D eigenvalue weighted by molar-refractivity contribution is 0.524. The van der Waals surface area contributed by atoms with Crippen LogP contribution in [0.4, 0.5) is 0 Å². The number of aromatic amines is 1. The summed E-state index contributed by atoms with van der Waals surface area (Å²) in [5.41, 5.74) is 0.404. The lowest BCUT2D eigenvalue weighted by atomic mass is 10.3. The van der Waals surface area contributed by atoms with Crippen LogP contribution in [0.15, 0.2) is 11.4 Å². The Morgan fingerprint density at radius 1 is 1.41 bits per heavy atom. The summed E-state index contributed by atoms with van der Waals surface area (Å²) >= 11 is 0. The van der Waals surface area contributed by atoms with Crippen molar-refractivity contribution in [3.8, 4) is 11.5 Å². The van der Waals surface area contributed by atoms with Gasteiger partial charge >= 0.3 is 0 Å². The zero-order chi connectivity index (χ0) is 12.6. The number of nitrogens with one attached hydrogen (secondary N) is 1. The Bertz CT molecular complexity index is 613. The number of aromatic nitrogens is 6. The zero-order valence-electron chi connectivity index (χ0n) is 9.19. The van der Waals surface area contributed by atoms with Gasteiger partial charge in [0.15, 0.2) is 5.82 Å². The van der Waals surface area contributed by atoms with Gasteiger partial charge < -0.3 is 0 Å². The maximum Gasteiger partial charge on any atom is 0.273 e. The topological polar surface area (TPSA) is 132 Å². The monoisotopic (exact) mass is 257 g/mol. The van der Waals surface area contributed by atoms with Crippen LogP contribution >= 0.6 is 0 Å². The van der Waals surface area contributed by atoms with Gasteiger partial charge in [0.1, 0.15) is 5.69 Å². The first-order valence-electron chi connectivity index (χ1n) is 4.75. The number of hydrogen-bond donors (Lipinski definition) is 2. The average Bonchev–Trinajstić information content (AvgIpc) is 2.84. The lowest BCUT2D eigenvalue weighted by Crippen LogP contribution is -2.20. The molecule has 10 heteroatoms. The van der Waals surface area contributed by atoms with Gasteiger partial charge in [-0.25, -0.2) is 13.6 Å². The molecule has 0 amide bonds. The second-order valence-electron chi connectivity index (χ2n) is 3.67. The molecule has 0 unspecified atom stereocenters. The molecule has 0 fully saturated rings. The predicted octanol–water partition coefficient (Wildman–Crippen LogP) is -0.708. The molecule has 92 valence electrons. The van der Waals surface area contributed by atoms with E-state index < -0.39 is 10.0 Å². The Kier molecular flexibility index (Phi) is 2.67. The van der Waals surface area contributed by atoms with Gasteiger partial charge in [-0.3, -0.25) is 4.57 Å². The van der Waals surface area contributed by atoms with E-state index in [9.17, 15) is 8.42 Å². The average molecular weight is 257 g/mol. The number of nitrogens with zero attached hydrogens (tertiary/aromatic N) is 5. The largest absolute Gasteiger partial charge is 0.293 e. The van der Waals surface area contributed by atoms with Crippen LogP contribution in [0, 0.1) is 0 Å². The van der Waals surface area contributed by atoms with Crippen molar-refractivity contribution < 1.29 is 8.42 Å². The highest BCUT2D eigenvalue weighted by Gasteiger charge is 2.24. The van der Waals surface area contributed by atoms with Gasteiger partial charge in [0.25, 0.3) is 15.2 Å². The number of rotatable bonds is 3. The second-order valence-corrected chi connectivity index (χ2v) is 5.13. The Balaban J connectivity index is 2.68. The van der Waals surface area contributed by atoms with Gasteiger partial charge in [0.2, 0.25) is 0 Å². The van der Waals surface area contributed by atoms with Crippen LogP contribution in [0.1, 0.15) is 19.9 Å². The minimum absolute atomic E-state index is 0.176. The SMILES string of the molecule is CC(C)n1c(-c2cn[nH]n2)nnc1S(N)(=O)=O. The van der Waals surface area contributed by atoms with Crippen molar-refractivity contribution in [3.63, 3.8) is 0 Å². The first-order valence-corrected chi connectivity index (χ1v) is 6.29. The molecule has 0 saturated carbocycles. The maximum atomic E-state index is 11.4. The zero-order valence-corrected chi connectivity index (χ0v) is 10.0. The highest BCUT2D eigenvalue weighted by atomic mass is 32.2. The normalized spacial score (nSPS) is 12.2. The molecule has 0 spiro atoms. The van der Waals surface area contributed by atoms with E-state index in [4.69, 9.17) is 5.14 Å². The fraction of sp³-hybridized carbons (Fsp3) is 0.429. The van der Waals surface area contributed by atoms with E-state index in [1.165, 1.54) is 10.8 Å².